The van der Waals surface area contributed by atoms with Crippen LogP contribution in [0.15, 0.2) is 103 Å². The molecule has 0 aliphatic rings. The van der Waals surface area contributed by atoms with Gasteiger partial charge >= 0.3 is 18.2 Å². The Labute approximate surface area is 235 Å². The Balaban J connectivity index is 1.23. The largest absolute Gasteiger partial charge is 0.493 e. The fourth-order valence-corrected chi connectivity index (χ4v) is 4.15. The number of esters is 1. The Morgan fingerprint density at radius 2 is 1.57 bits per heavy atom. The average molecular weight is 539 g/mol. The molecule has 4 rings (SSSR count). The fourth-order valence-electron chi connectivity index (χ4n) is 4.15. The molecule has 40 heavy (non-hydrogen) atoms. The molecule has 0 saturated heterocycles. The number of hydrogen-bond donors (Lipinski definition) is 2. The number of pyridine rings is 1. The second kappa shape index (κ2) is 13.9. The molecule has 0 bridgehead atoms. The Morgan fingerprint density at radius 1 is 0.850 bits per heavy atom. The van der Waals surface area contributed by atoms with Gasteiger partial charge in [-0.2, -0.15) is 4.57 Å². The molecular weight excluding hydrogens is 502 g/mol. The molecule has 0 saturated carbocycles. The number of urea groups is 1. The van der Waals surface area contributed by atoms with Gasteiger partial charge < -0.3 is 20.1 Å². The topological polar surface area (TPSA) is 80.5 Å². The second-order valence-corrected chi connectivity index (χ2v) is 9.80. The lowest BCUT2D eigenvalue weighted by atomic mass is 9.98. The first-order valence-electron chi connectivity index (χ1n) is 13.5. The van der Waals surface area contributed by atoms with Crippen molar-refractivity contribution in [2.75, 3.05) is 11.9 Å². The van der Waals surface area contributed by atoms with Crippen molar-refractivity contribution >= 4 is 17.7 Å². The zero-order chi connectivity index (χ0) is 28.3. The van der Waals surface area contributed by atoms with E-state index in [-0.39, 0.29) is 17.9 Å². The summed E-state index contributed by atoms with van der Waals surface area (Å²) in [7, 11) is 0. The molecule has 1 atom stereocenters. The van der Waals surface area contributed by atoms with E-state index in [0.29, 0.717) is 18.8 Å². The molecule has 206 valence electrons. The Morgan fingerprint density at radius 3 is 2.33 bits per heavy atom. The number of carbonyl (C=O) groups excluding carboxylic acids is 2. The smallest absolute Gasteiger partial charge is 0.319 e. The lowest BCUT2D eigenvalue weighted by Gasteiger charge is -2.12. The van der Waals surface area contributed by atoms with Gasteiger partial charge in [-0.15, -0.1) is 0 Å². The maximum atomic E-state index is 12.5. The summed E-state index contributed by atoms with van der Waals surface area (Å²) in [5, 5.41) is 5.70. The van der Waals surface area contributed by atoms with Crippen LogP contribution >= 0.6 is 0 Å². The van der Waals surface area contributed by atoms with Crippen molar-refractivity contribution < 1.29 is 23.6 Å². The highest BCUT2D eigenvalue weighted by molar-refractivity contribution is 5.89. The number of nitrogens with zero attached hydrogens (tertiary/aromatic N) is 1. The number of ether oxygens (including phenoxy) is 2. The van der Waals surface area contributed by atoms with Crippen LogP contribution in [0.3, 0.4) is 0 Å². The minimum absolute atomic E-state index is 0.195. The van der Waals surface area contributed by atoms with Gasteiger partial charge in [-0.25, -0.2) is 4.79 Å². The minimum atomic E-state index is -0.442. The van der Waals surface area contributed by atoms with Crippen LogP contribution < -0.4 is 19.9 Å². The van der Waals surface area contributed by atoms with E-state index in [1.54, 1.807) is 25.3 Å². The van der Waals surface area contributed by atoms with Crippen LogP contribution in [0.1, 0.15) is 38.1 Å². The predicted octanol–water partition coefficient (Wildman–Crippen LogP) is 6.30. The summed E-state index contributed by atoms with van der Waals surface area (Å²) in [6.07, 6.45) is 4.02. The summed E-state index contributed by atoms with van der Waals surface area (Å²) in [6.45, 7) is 6.27. The SMILES string of the molecule is CC(C)C(=O)OC(C)[n+]1cccc(CNC(=O)Nc2ccc(OCCc3ccccc3-c3ccccc3)cc2)c1. The third-order valence-corrected chi connectivity index (χ3v) is 6.37. The summed E-state index contributed by atoms with van der Waals surface area (Å²) in [6, 6.07) is 29.5. The molecule has 2 N–H and O–H groups in total. The normalized spacial score (nSPS) is 11.5. The van der Waals surface area contributed by atoms with E-state index in [1.807, 2.05) is 73.1 Å². The third kappa shape index (κ3) is 8.17. The van der Waals surface area contributed by atoms with Crippen LogP contribution in [0, 0.1) is 5.92 Å². The average Bonchev–Trinajstić information content (AvgIpc) is 2.98. The highest BCUT2D eigenvalue weighted by Gasteiger charge is 2.19. The van der Waals surface area contributed by atoms with Gasteiger partial charge in [0.15, 0.2) is 12.4 Å². The highest BCUT2D eigenvalue weighted by atomic mass is 16.6. The molecule has 1 unspecified atom stereocenters. The van der Waals surface area contributed by atoms with Gasteiger partial charge in [0, 0.05) is 30.7 Å². The first-order valence-corrected chi connectivity index (χ1v) is 13.5. The molecule has 1 heterocycles. The Hall–Kier alpha value is -4.65. The molecule has 0 spiro atoms. The standard InChI is InChI=1S/C33H35N3O4/c1-24(2)32(37)40-25(3)36-20-9-10-26(23-36)22-34-33(38)35-29-15-17-30(18-16-29)39-21-19-28-13-7-8-14-31(28)27-11-5-4-6-12-27/h4-18,20,23-25H,19,21-22H2,1-3H3,(H-,34,35,38)/p+1. The van der Waals surface area contributed by atoms with Gasteiger partial charge in [-0.05, 0) is 47.0 Å². The molecule has 0 radical (unpaired) electrons. The van der Waals surface area contributed by atoms with Gasteiger partial charge in [0.05, 0.1) is 19.1 Å². The quantitative estimate of drug-likeness (QED) is 0.173. The van der Waals surface area contributed by atoms with Crippen LogP contribution in [0.25, 0.3) is 11.1 Å². The van der Waals surface area contributed by atoms with Crippen molar-refractivity contribution in [3.8, 4) is 16.9 Å². The molecule has 3 aromatic carbocycles. The zero-order valence-electron chi connectivity index (χ0n) is 23.2. The number of nitrogens with one attached hydrogen (secondary N) is 2. The van der Waals surface area contributed by atoms with E-state index < -0.39 is 6.23 Å². The number of amides is 2. The summed E-state index contributed by atoms with van der Waals surface area (Å²) in [5.41, 5.74) is 5.18. The van der Waals surface area contributed by atoms with Crippen LogP contribution in [-0.2, 0) is 22.5 Å². The summed E-state index contributed by atoms with van der Waals surface area (Å²) in [5.74, 6) is 0.289. The number of anilines is 1. The maximum Gasteiger partial charge on any atom is 0.319 e. The first-order chi connectivity index (χ1) is 19.4. The molecule has 1 aromatic heterocycles. The van der Waals surface area contributed by atoms with Crippen LogP contribution in [0.5, 0.6) is 5.75 Å². The highest BCUT2D eigenvalue weighted by Crippen LogP contribution is 2.24. The van der Waals surface area contributed by atoms with Crippen LogP contribution in [0.2, 0.25) is 0 Å². The van der Waals surface area contributed by atoms with Gasteiger partial charge in [0.1, 0.15) is 5.75 Å². The Kier molecular flexibility index (Phi) is 9.88. The predicted molar refractivity (Wildman–Crippen MR) is 156 cm³/mol. The van der Waals surface area contributed by atoms with E-state index in [4.69, 9.17) is 9.47 Å². The molecule has 0 aliphatic carbocycles. The molecule has 4 aromatic rings. The van der Waals surface area contributed by atoms with Crippen molar-refractivity contribution in [3.05, 3.63) is 115 Å². The van der Waals surface area contributed by atoms with Gasteiger partial charge in [-0.3, -0.25) is 4.79 Å². The monoisotopic (exact) mass is 538 g/mol. The van der Waals surface area contributed by atoms with E-state index >= 15 is 0 Å². The fraction of sp³-hybridized carbons (Fsp3) is 0.242. The number of carbonyl (C=O) groups is 2. The third-order valence-electron chi connectivity index (χ3n) is 6.37. The summed E-state index contributed by atoms with van der Waals surface area (Å²) in [4.78, 5) is 24.3. The molecule has 7 heteroatoms. The van der Waals surface area contributed by atoms with Gasteiger partial charge in [-0.1, -0.05) is 68.4 Å². The molecular formula is C33H36N3O4+. The van der Waals surface area contributed by atoms with Crippen molar-refractivity contribution in [2.45, 2.75) is 40.0 Å². The van der Waals surface area contributed by atoms with Gasteiger partial charge in [0.25, 0.3) is 0 Å². The Bertz CT molecular complexity index is 1400. The van der Waals surface area contributed by atoms with E-state index in [0.717, 1.165) is 17.7 Å². The van der Waals surface area contributed by atoms with E-state index in [2.05, 4.69) is 41.0 Å². The molecule has 0 aliphatic heterocycles. The molecule has 0 fully saturated rings. The van der Waals surface area contributed by atoms with Crippen molar-refractivity contribution in [3.63, 3.8) is 0 Å². The maximum absolute atomic E-state index is 12.5. The lowest BCUT2D eigenvalue weighted by Crippen LogP contribution is -2.41. The zero-order valence-corrected chi connectivity index (χ0v) is 23.2. The first kappa shape index (κ1) is 28.4. The van der Waals surface area contributed by atoms with E-state index in [1.165, 1.54) is 16.7 Å². The summed E-state index contributed by atoms with van der Waals surface area (Å²) >= 11 is 0. The van der Waals surface area contributed by atoms with Crippen LogP contribution in [0.4, 0.5) is 10.5 Å². The molecule has 2 amide bonds. The summed E-state index contributed by atoms with van der Waals surface area (Å²) < 4.78 is 13.2. The van der Waals surface area contributed by atoms with Crippen molar-refractivity contribution in [1.82, 2.24) is 5.32 Å². The second-order valence-electron chi connectivity index (χ2n) is 9.80. The number of benzene rings is 3. The minimum Gasteiger partial charge on any atom is -0.493 e. The number of hydrogen-bond acceptors (Lipinski definition) is 4. The molecule has 7 nitrogen and oxygen atoms in total. The van der Waals surface area contributed by atoms with Crippen LogP contribution in [-0.4, -0.2) is 18.6 Å². The van der Waals surface area contributed by atoms with Crippen molar-refractivity contribution in [2.24, 2.45) is 5.92 Å². The number of rotatable bonds is 11. The number of aromatic nitrogens is 1. The lowest BCUT2D eigenvalue weighted by molar-refractivity contribution is -0.753. The van der Waals surface area contributed by atoms with Crippen molar-refractivity contribution in [1.29, 1.82) is 0 Å². The van der Waals surface area contributed by atoms with Gasteiger partial charge in [0.2, 0.25) is 0 Å². The van der Waals surface area contributed by atoms with E-state index in [9.17, 15) is 9.59 Å².